The molecule has 23 heavy (non-hydrogen) atoms. The van der Waals surface area contributed by atoms with Gasteiger partial charge in [0.15, 0.2) is 0 Å². The average molecular weight is 299 g/mol. The zero-order chi connectivity index (χ0) is 16.2. The van der Waals surface area contributed by atoms with Crippen LogP contribution in [-0.2, 0) is 0 Å². The highest BCUT2D eigenvalue weighted by atomic mass is 16.5. The molecule has 2 heteroatoms. The zero-order valence-electron chi connectivity index (χ0n) is 13.2. The van der Waals surface area contributed by atoms with Crippen LogP contribution in [0.15, 0.2) is 60.7 Å². The number of hydrogen-bond donors (Lipinski definition) is 0. The lowest BCUT2D eigenvalue weighted by atomic mass is 9.98. The van der Waals surface area contributed by atoms with Crippen LogP contribution in [0.1, 0.15) is 16.7 Å². The van der Waals surface area contributed by atoms with E-state index in [1.165, 1.54) is 5.39 Å². The number of fused-ring (bicyclic) bond motifs is 1. The number of hydrogen-bond acceptors (Lipinski definition) is 2. The van der Waals surface area contributed by atoms with Gasteiger partial charge in [0.05, 0.1) is 18.8 Å². The summed E-state index contributed by atoms with van der Waals surface area (Å²) in [7, 11) is 1.65. The van der Waals surface area contributed by atoms with Crippen LogP contribution in [-0.4, -0.2) is 7.11 Å². The fourth-order valence-corrected chi connectivity index (χ4v) is 2.63. The van der Waals surface area contributed by atoms with E-state index in [-0.39, 0.29) is 0 Å². The molecule has 3 aromatic carbocycles. The molecule has 112 valence electrons. The molecule has 0 saturated heterocycles. The summed E-state index contributed by atoms with van der Waals surface area (Å²) in [4.78, 5) is 0. The van der Waals surface area contributed by atoms with Crippen molar-refractivity contribution in [1.29, 1.82) is 5.26 Å². The van der Waals surface area contributed by atoms with Gasteiger partial charge < -0.3 is 4.74 Å². The van der Waals surface area contributed by atoms with E-state index in [0.717, 1.165) is 27.8 Å². The first kappa shape index (κ1) is 14.9. The molecule has 0 radical (unpaired) electrons. The summed E-state index contributed by atoms with van der Waals surface area (Å²) in [6, 6.07) is 22.4. The third-order valence-electron chi connectivity index (χ3n) is 3.96. The molecule has 3 rings (SSSR count). The van der Waals surface area contributed by atoms with E-state index in [1.54, 1.807) is 7.11 Å². The maximum atomic E-state index is 9.56. The number of aryl methyl sites for hydroxylation is 1. The number of nitriles is 1. The summed E-state index contributed by atoms with van der Waals surface area (Å²) in [6.45, 7) is 2.02. The molecule has 0 aliphatic carbocycles. The molecule has 0 fully saturated rings. The molecule has 0 aliphatic heterocycles. The van der Waals surface area contributed by atoms with Crippen LogP contribution in [0.25, 0.3) is 22.4 Å². The first-order valence-corrected chi connectivity index (χ1v) is 7.47. The highest BCUT2D eigenvalue weighted by Crippen LogP contribution is 2.25. The maximum Gasteiger partial charge on any atom is 0.119 e. The second-order valence-corrected chi connectivity index (χ2v) is 5.45. The second-order valence-electron chi connectivity index (χ2n) is 5.45. The van der Waals surface area contributed by atoms with Gasteiger partial charge in [-0.15, -0.1) is 0 Å². The molecule has 0 atom stereocenters. The molecule has 3 aromatic rings. The van der Waals surface area contributed by atoms with Gasteiger partial charge in [0, 0.05) is 0 Å². The van der Waals surface area contributed by atoms with Gasteiger partial charge in [0.1, 0.15) is 5.75 Å². The van der Waals surface area contributed by atoms with E-state index in [9.17, 15) is 5.26 Å². The molecule has 0 aliphatic rings. The Bertz CT molecular complexity index is 932. The fourth-order valence-electron chi connectivity index (χ4n) is 2.63. The van der Waals surface area contributed by atoms with Crippen molar-refractivity contribution in [3.05, 3.63) is 77.4 Å². The van der Waals surface area contributed by atoms with Crippen LogP contribution in [0.5, 0.6) is 5.75 Å². The second kappa shape index (κ2) is 6.37. The van der Waals surface area contributed by atoms with Gasteiger partial charge in [-0.1, -0.05) is 42.5 Å². The SMILES string of the molecule is COc1ccc(/C=C(/C#N)c2ccc3ccccc3c2)c(C)c1. The molecule has 0 saturated carbocycles. The minimum atomic E-state index is 0.656. The minimum Gasteiger partial charge on any atom is -0.497 e. The van der Waals surface area contributed by atoms with Crippen molar-refractivity contribution in [2.24, 2.45) is 0 Å². The number of ether oxygens (including phenoxy) is 1. The first-order valence-electron chi connectivity index (χ1n) is 7.47. The maximum absolute atomic E-state index is 9.56. The van der Waals surface area contributed by atoms with Gasteiger partial charge in [-0.3, -0.25) is 0 Å². The van der Waals surface area contributed by atoms with Gasteiger partial charge in [0.25, 0.3) is 0 Å². The lowest BCUT2D eigenvalue weighted by molar-refractivity contribution is 0.414. The number of nitrogens with zero attached hydrogens (tertiary/aromatic N) is 1. The van der Waals surface area contributed by atoms with Crippen LogP contribution >= 0.6 is 0 Å². The Morgan fingerprint density at radius 1 is 1.00 bits per heavy atom. The van der Waals surface area contributed by atoms with Gasteiger partial charge >= 0.3 is 0 Å². The average Bonchev–Trinajstić information content (AvgIpc) is 2.60. The normalized spacial score (nSPS) is 11.3. The summed E-state index contributed by atoms with van der Waals surface area (Å²) < 4.78 is 5.23. The predicted octanol–water partition coefficient (Wildman–Crippen LogP) is 5.22. The van der Waals surface area contributed by atoms with E-state index in [0.29, 0.717) is 5.57 Å². The molecule has 0 unspecified atom stereocenters. The van der Waals surface area contributed by atoms with Gasteiger partial charge in [0.2, 0.25) is 0 Å². The van der Waals surface area contributed by atoms with Gasteiger partial charge in [-0.25, -0.2) is 0 Å². The Morgan fingerprint density at radius 3 is 2.48 bits per heavy atom. The Hall–Kier alpha value is -3.05. The van der Waals surface area contributed by atoms with Crippen LogP contribution in [0, 0.1) is 18.3 Å². The smallest absolute Gasteiger partial charge is 0.119 e. The number of allylic oxidation sites excluding steroid dienone is 1. The van der Waals surface area contributed by atoms with Crippen molar-refractivity contribution >= 4 is 22.4 Å². The Kier molecular flexibility index (Phi) is 4.12. The highest BCUT2D eigenvalue weighted by molar-refractivity contribution is 5.94. The van der Waals surface area contributed by atoms with Crippen molar-refractivity contribution in [2.45, 2.75) is 6.92 Å². The minimum absolute atomic E-state index is 0.656. The topological polar surface area (TPSA) is 33.0 Å². The van der Waals surface area contributed by atoms with Crippen molar-refractivity contribution in [3.8, 4) is 11.8 Å². The van der Waals surface area contributed by atoms with Crippen LogP contribution in [0.2, 0.25) is 0 Å². The lowest BCUT2D eigenvalue weighted by Crippen LogP contribution is -1.88. The Morgan fingerprint density at radius 2 is 1.78 bits per heavy atom. The van der Waals surface area contributed by atoms with E-state index < -0.39 is 0 Å². The molecule has 0 N–H and O–H groups in total. The first-order chi connectivity index (χ1) is 11.2. The van der Waals surface area contributed by atoms with Gasteiger partial charge in [-0.2, -0.15) is 5.26 Å². The molecule has 0 aromatic heterocycles. The molecule has 0 bridgehead atoms. The number of methoxy groups -OCH3 is 1. The summed E-state index contributed by atoms with van der Waals surface area (Å²) in [5.41, 5.74) is 3.69. The molecule has 0 amide bonds. The lowest BCUT2D eigenvalue weighted by Gasteiger charge is -2.06. The van der Waals surface area contributed by atoms with E-state index >= 15 is 0 Å². The molecule has 0 heterocycles. The van der Waals surface area contributed by atoms with Crippen molar-refractivity contribution in [2.75, 3.05) is 7.11 Å². The third kappa shape index (κ3) is 3.09. The summed E-state index contributed by atoms with van der Waals surface area (Å²) in [6.07, 6.45) is 1.93. The zero-order valence-corrected chi connectivity index (χ0v) is 13.2. The fraction of sp³-hybridized carbons (Fsp3) is 0.0952. The molecular weight excluding hydrogens is 282 g/mol. The largest absolute Gasteiger partial charge is 0.497 e. The number of rotatable bonds is 3. The van der Waals surface area contributed by atoms with Crippen LogP contribution in [0.4, 0.5) is 0 Å². The van der Waals surface area contributed by atoms with E-state index in [2.05, 4.69) is 30.3 Å². The van der Waals surface area contributed by atoms with Crippen molar-refractivity contribution < 1.29 is 4.74 Å². The summed E-state index contributed by atoms with van der Waals surface area (Å²) in [5.74, 6) is 0.823. The number of benzene rings is 3. The predicted molar refractivity (Wildman–Crippen MR) is 95.2 cm³/mol. The van der Waals surface area contributed by atoms with Crippen molar-refractivity contribution in [3.63, 3.8) is 0 Å². The standard InChI is InChI=1S/C21H17NO/c1-15-11-21(23-2)10-9-17(15)12-20(14-22)19-8-7-16-5-3-4-6-18(16)13-19/h3-13H,1-2H3/b20-12-. The van der Waals surface area contributed by atoms with Crippen molar-refractivity contribution in [1.82, 2.24) is 0 Å². The Balaban J connectivity index is 2.06. The molecule has 2 nitrogen and oxygen atoms in total. The van der Waals surface area contributed by atoms with E-state index in [4.69, 9.17) is 4.74 Å². The molecular formula is C21H17NO. The van der Waals surface area contributed by atoms with Crippen LogP contribution < -0.4 is 4.74 Å². The Labute approximate surface area is 136 Å². The summed E-state index contributed by atoms with van der Waals surface area (Å²) in [5, 5.41) is 11.9. The quantitative estimate of drug-likeness (QED) is 0.490. The monoisotopic (exact) mass is 299 g/mol. The van der Waals surface area contributed by atoms with Crippen LogP contribution in [0.3, 0.4) is 0 Å². The van der Waals surface area contributed by atoms with Gasteiger partial charge in [-0.05, 0) is 58.7 Å². The van der Waals surface area contributed by atoms with E-state index in [1.807, 2.05) is 49.4 Å². The third-order valence-corrected chi connectivity index (χ3v) is 3.96. The molecule has 0 spiro atoms. The highest BCUT2D eigenvalue weighted by Gasteiger charge is 2.05. The summed E-state index contributed by atoms with van der Waals surface area (Å²) >= 11 is 0.